The molecule has 0 radical (unpaired) electrons. The van der Waals surface area contributed by atoms with E-state index in [0.29, 0.717) is 22.3 Å². The first-order chi connectivity index (χ1) is 12.2. The van der Waals surface area contributed by atoms with Gasteiger partial charge in [0.05, 0.1) is 0 Å². The molecule has 0 saturated heterocycles. The summed E-state index contributed by atoms with van der Waals surface area (Å²) in [6, 6.07) is 5.13. The summed E-state index contributed by atoms with van der Waals surface area (Å²) in [4.78, 5) is 16.2. The number of aliphatic hydroxyl groups excluding tert-OH is 1. The number of nitrogens with zero attached hydrogens (tertiary/aromatic N) is 1. The van der Waals surface area contributed by atoms with Crippen LogP contribution in [-0.2, 0) is 0 Å². The van der Waals surface area contributed by atoms with Crippen molar-refractivity contribution in [3.8, 4) is 10.6 Å². The van der Waals surface area contributed by atoms with Crippen molar-refractivity contribution < 1.29 is 23.1 Å². The number of anilines is 1. The summed E-state index contributed by atoms with van der Waals surface area (Å²) < 4.78 is 37.6. The predicted molar refractivity (Wildman–Crippen MR) is 92.9 cm³/mol. The first-order valence-electron chi connectivity index (χ1n) is 8.12. The number of nitrogens with one attached hydrogen (secondary N) is 2. The van der Waals surface area contributed by atoms with Crippen LogP contribution >= 0.6 is 11.3 Å². The Morgan fingerprint density at radius 1 is 1.31 bits per heavy atom. The molecule has 0 bridgehead atoms. The molecule has 1 aromatic heterocycles. The average Bonchev–Trinajstić information content (AvgIpc) is 3.34. The molecule has 9 heteroatoms. The lowest BCUT2D eigenvalue weighted by Crippen LogP contribution is -2.37. The molecule has 1 aliphatic carbocycles. The minimum Gasteiger partial charge on any atom is -0.379 e. The van der Waals surface area contributed by atoms with Crippen LogP contribution in [0.2, 0.25) is 0 Å². The van der Waals surface area contributed by atoms with Crippen molar-refractivity contribution in [1.82, 2.24) is 10.3 Å². The number of aromatic nitrogens is 1. The molecular formula is C17H18F3N3O2S. The number of benzene rings is 1. The van der Waals surface area contributed by atoms with E-state index in [1.54, 1.807) is 5.38 Å². The minimum atomic E-state index is -4.70. The van der Waals surface area contributed by atoms with Gasteiger partial charge in [-0.05, 0) is 31.2 Å². The second-order valence-corrected chi connectivity index (χ2v) is 7.19. The molecule has 1 heterocycles. The van der Waals surface area contributed by atoms with Crippen molar-refractivity contribution >= 4 is 23.2 Å². The maximum Gasteiger partial charge on any atom is 0.418 e. The highest BCUT2D eigenvalue weighted by atomic mass is 32.1. The molecule has 1 fully saturated rings. The Bertz CT molecular complexity index is 772. The summed E-state index contributed by atoms with van der Waals surface area (Å²) >= 11 is 1.26. The smallest absolute Gasteiger partial charge is 0.379 e. The summed E-state index contributed by atoms with van der Waals surface area (Å²) in [5.74, 6) is 0.919. The molecule has 1 saturated carbocycles. The van der Waals surface area contributed by atoms with Gasteiger partial charge >= 0.3 is 12.2 Å². The number of aliphatic hydroxyl groups is 1. The lowest BCUT2D eigenvalue weighted by molar-refractivity contribution is -0.206. The molecule has 0 unspecified atom stereocenters. The SMILES string of the molecule is C[C@H](NC(=O)Nc1csc(-c2ccc([C@@H](O)C(F)(F)F)cc2)n1)C1CC1. The molecule has 5 nitrogen and oxygen atoms in total. The number of rotatable bonds is 5. The number of hydrogen-bond donors (Lipinski definition) is 3. The first kappa shape index (κ1) is 18.7. The molecule has 2 atom stereocenters. The highest BCUT2D eigenvalue weighted by molar-refractivity contribution is 7.13. The van der Waals surface area contributed by atoms with E-state index in [4.69, 9.17) is 0 Å². The van der Waals surface area contributed by atoms with Crippen LogP contribution in [0.15, 0.2) is 29.6 Å². The molecule has 1 aliphatic rings. The Morgan fingerprint density at radius 3 is 2.54 bits per heavy atom. The fraction of sp³-hybridized carbons (Fsp3) is 0.412. The van der Waals surface area contributed by atoms with Crippen LogP contribution in [0.25, 0.3) is 10.6 Å². The summed E-state index contributed by atoms with van der Waals surface area (Å²) in [7, 11) is 0. The molecule has 0 aliphatic heterocycles. The van der Waals surface area contributed by atoms with Gasteiger partial charge in [0.15, 0.2) is 6.10 Å². The molecular weight excluding hydrogens is 367 g/mol. The van der Waals surface area contributed by atoms with Crippen molar-refractivity contribution in [2.24, 2.45) is 5.92 Å². The van der Waals surface area contributed by atoms with E-state index in [9.17, 15) is 23.1 Å². The Labute approximate surface area is 152 Å². The highest BCUT2D eigenvalue weighted by Gasteiger charge is 2.39. The third-order valence-electron chi connectivity index (χ3n) is 4.22. The highest BCUT2D eigenvalue weighted by Crippen LogP contribution is 2.34. The Kier molecular flexibility index (Phi) is 5.19. The number of thiazole rings is 1. The second-order valence-electron chi connectivity index (χ2n) is 6.33. The normalized spacial score (nSPS) is 16.8. The predicted octanol–water partition coefficient (Wildman–Crippen LogP) is 4.33. The lowest BCUT2D eigenvalue weighted by atomic mass is 10.1. The molecule has 0 spiro atoms. The zero-order valence-electron chi connectivity index (χ0n) is 13.9. The van der Waals surface area contributed by atoms with Gasteiger partial charge in [0.25, 0.3) is 0 Å². The van der Waals surface area contributed by atoms with E-state index >= 15 is 0 Å². The van der Waals surface area contributed by atoms with Gasteiger partial charge in [-0.25, -0.2) is 9.78 Å². The van der Waals surface area contributed by atoms with Crippen LogP contribution in [0.5, 0.6) is 0 Å². The molecule has 2 amide bonds. The number of carbonyl (C=O) groups is 1. The van der Waals surface area contributed by atoms with Crippen molar-refractivity contribution in [2.45, 2.75) is 38.1 Å². The van der Waals surface area contributed by atoms with Crippen molar-refractivity contribution in [1.29, 1.82) is 0 Å². The Hall–Kier alpha value is -2.13. The van der Waals surface area contributed by atoms with E-state index in [1.807, 2.05) is 6.92 Å². The maximum absolute atomic E-state index is 12.5. The monoisotopic (exact) mass is 385 g/mol. The molecule has 140 valence electrons. The molecule has 26 heavy (non-hydrogen) atoms. The number of urea groups is 1. The van der Waals surface area contributed by atoms with Crippen LogP contribution < -0.4 is 10.6 Å². The van der Waals surface area contributed by atoms with Crippen molar-refractivity contribution in [3.63, 3.8) is 0 Å². The van der Waals surface area contributed by atoms with Crippen LogP contribution in [0, 0.1) is 5.92 Å². The first-order valence-corrected chi connectivity index (χ1v) is 9.00. The summed E-state index contributed by atoms with van der Waals surface area (Å²) in [5.41, 5.74) is 0.373. The third-order valence-corrected chi connectivity index (χ3v) is 5.11. The van der Waals surface area contributed by atoms with Crippen molar-refractivity contribution in [3.05, 3.63) is 35.2 Å². The van der Waals surface area contributed by atoms with E-state index in [-0.39, 0.29) is 17.6 Å². The molecule has 3 rings (SSSR count). The minimum absolute atomic E-state index is 0.112. The van der Waals surface area contributed by atoms with Gasteiger partial charge in [0.1, 0.15) is 10.8 Å². The number of hydrogen-bond acceptors (Lipinski definition) is 4. The topological polar surface area (TPSA) is 74.2 Å². The van der Waals surface area contributed by atoms with Crippen LogP contribution in [-0.4, -0.2) is 28.3 Å². The summed E-state index contributed by atoms with van der Waals surface area (Å²) in [5, 5.41) is 17.0. The summed E-state index contributed by atoms with van der Waals surface area (Å²) in [6.45, 7) is 1.96. The van der Waals surface area contributed by atoms with Crippen molar-refractivity contribution in [2.75, 3.05) is 5.32 Å². The number of alkyl halides is 3. The van der Waals surface area contributed by atoms with Crippen LogP contribution in [0.1, 0.15) is 31.4 Å². The lowest BCUT2D eigenvalue weighted by Gasteiger charge is -2.14. The third kappa shape index (κ3) is 4.53. The van der Waals surface area contributed by atoms with Gasteiger partial charge < -0.3 is 10.4 Å². The van der Waals surface area contributed by atoms with Gasteiger partial charge in [-0.1, -0.05) is 24.3 Å². The van der Waals surface area contributed by atoms with Crippen LogP contribution in [0.4, 0.5) is 23.8 Å². The van der Waals surface area contributed by atoms with E-state index in [2.05, 4.69) is 15.6 Å². The average molecular weight is 385 g/mol. The zero-order valence-corrected chi connectivity index (χ0v) is 14.7. The van der Waals surface area contributed by atoms with Gasteiger partial charge in [0, 0.05) is 17.0 Å². The van der Waals surface area contributed by atoms with Gasteiger partial charge in [-0.3, -0.25) is 5.32 Å². The van der Waals surface area contributed by atoms with E-state index in [0.717, 1.165) is 12.8 Å². The van der Waals surface area contributed by atoms with E-state index in [1.165, 1.54) is 35.6 Å². The fourth-order valence-electron chi connectivity index (χ4n) is 2.53. The molecule has 1 aromatic carbocycles. The quantitative estimate of drug-likeness (QED) is 0.717. The second kappa shape index (κ2) is 7.24. The fourth-order valence-corrected chi connectivity index (χ4v) is 3.29. The standard InChI is InChI=1S/C17H18F3N3O2S/c1-9(10-2-3-10)21-16(25)23-13-8-26-15(22-13)12-6-4-11(5-7-12)14(24)17(18,19)20/h4-10,14,24H,2-3H2,1H3,(H2,21,23,25)/t9-,14+/m0/s1. The van der Waals surface area contributed by atoms with Gasteiger partial charge in [-0.15, -0.1) is 11.3 Å². The largest absolute Gasteiger partial charge is 0.418 e. The van der Waals surface area contributed by atoms with Crippen LogP contribution in [0.3, 0.4) is 0 Å². The number of halogens is 3. The van der Waals surface area contributed by atoms with Gasteiger partial charge in [0.2, 0.25) is 0 Å². The maximum atomic E-state index is 12.5. The molecule has 3 N–H and O–H groups in total. The van der Waals surface area contributed by atoms with Gasteiger partial charge in [-0.2, -0.15) is 13.2 Å². The number of amides is 2. The Morgan fingerprint density at radius 2 is 1.96 bits per heavy atom. The molecule has 2 aromatic rings. The Balaban J connectivity index is 1.63. The summed E-state index contributed by atoms with van der Waals surface area (Å²) in [6.07, 6.45) is -4.96. The van der Waals surface area contributed by atoms with E-state index < -0.39 is 12.3 Å². The number of carbonyl (C=O) groups excluding carboxylic acids is 1. The zero-order chi connectivity index (χ0) is 18.9.